The Labute approximate surface area is 72.9 Å². The van der Waals surface area contributed by atoms with Gasteiger partial charge in [0.05, 0.1) is 12.1 Å². The van der Waals surface area contributed by atoms with E-state index in [0.717, 1.165) is 12.1 Å². The molecule has 0 aromatic heterocycles. The minimum Gasteiger partial charge on any atom is -0.210 e. The zero-order valence-electron chi connectivity index (χ0n) is 6.60. The summed E-state index contributed by atoms with van der Waals surface area (Å²) in [5.41, 5.74) is 6.20. The number of nitrogens with one attached hydrogen (secondary N) is 1. The summed E-state index contributed by atoms with van der Waals surface area (Å²) in [5, 5.41) is 3.01. The summed E-state index contributed by atoms with van der Waals surface area (Å²) in [6, 6.07) is 4.81. The molecule has 0 fully saturated rings. The summed E-state index contributed by atoms with van der Waals surface area (Å²) in [4.78, 5) is 0. The van der Waals surface area contributed by atoms with Gasteiger partial charge < -0.3 is 0 Å². The fourth-order valence-electron chi connectivity index (χ4n) is 0.937. The van der Waals surface area contributed by atoms with Gasteiger partial charge in [0.15, 0.2) is 0 Å². The maximum Gasteiger partial charge on any atom is 0.416 e. The fraction of sp³-hybridized carbons (Fsp3) is 0.250. The molecule has 1 aromatic carbocycles. The third-order valence-electron chi connectivity index (χ3n) is 1.52. The second kappa shape index (κ2) is 3.55. The van der Waals surface area contributed by atoms with Crippen molar-refractivity contribution in [3.63, 3.8) is 0 Å². The van der Waals surface area contributed by atoms with Gasteiger partial charge in [-0.25, -0.2) is 5.53 Å². The molecule has 0 saturated heterocycles. The first-order valence-corrected chi connectivity index (χ1v) is 3.53. The van der Waals surface area contributed by atoms with Crippen LogP contribution >= 0.6 is 0 Å². The maximum absolute atomic E-state index is 12.1. The second-order valence-corrected chi connectivity index (χ2v) is 2.51. The Morgan fingerprint density at radius 3 is 2.54 bits per heavy atom. The predicted octanol–water partition coefficient (Wildman–Crippen LogP) is 3.24. The summed E-state index contributed by atoms with van der Waals surface area (Å²) in [6.45, 7) is -0.0100. The van der Waals surface area contributed by atoms with Gasteiger partial charge in [-0.2, -0.15) is 18.3 Å². The molecule has 1 aromatic rings. The topological polar surface area (TPSA) is 36.2 Å². The number of hydrogen-bond donors (Lipinski definition) is 1. The Bertz CT molecular complexity index is 307. The van der Waals surface area contributed by atoms with E-state index in [-0.39, 0.29) is 6.54 Å². The van der Waals surface area contributed by atoms with Gasteiger partial charge in [-0.15, -0.1) is 0 Å². The molecule has 0 aliphatic carbocycles. The minimum atomic E-state index is -4.32. The van der Waals surface area contributed by atoms with Gasteiger partial charge >= 0.3 is 6.18 Å². The molecule has 0 bridgehead atoms. The van der Waals surface area contributed by atoms with E-state index in [2.05, 4.69) is 5.11 Å². The van der Waals surface area contributed by atoms with Crippen LogP contribution in [0.1, 0.15) is 11.1 Å². The van der Waals surface area contributed by atoms with Gasteiger partial charge in [-0.3, -0.25) is 0 Å². The van der Waals surface area contributed by atoms with Crippen LogP contribution in [0.15, 0.2) is 29.4 Å². The minimum absolute atomic E-state index is 0.0100. The monoisotopic (exact) mass is 188 g/mol. The van der Waals surface area contributed by atoms with Crippen LogP contribution in [0.25, 0.3) is 0 Å². The first kappa shape index (κ1) is 9.70. The van der Waals surface area contributed by atoms with Crippen LogP contribution in [0.5, 0.6) is 0 Å². The third-order valence-corrected chi connectivity index (χ3v) is 1.52. The Hall–Kier alpha value is -1.39. The summed E-state index contributed by atoms with van der Waals surface area (Å²) in [7, 11) is 0. The molecule has 0 amide bonds. The van der Waals surface area contributed by atoms with Gasteiger partial charge in [0.1, 0.15) is 0 Å². The molecule has 0 aliphatic rings. The van der Waals surface area contributed by atoms with Gasteiger partial charge in [0.25, 0.3) is 0 Å². The molecule has 1 rings (SSSR count). The van der Waals surface area contributed by atoms with E-state index in [1.54, 1.807) is 0 Å². The van der Waals surface area contributed by atoms with Crippen molar-refractivity contribution >= 4 is 0 Å². The molecule has 0 unspecified atom stereocenters. The molecule has 0 heterocycles. The first-order valence-electron chi connectivity index (χ1n) is 3.53. The van der Waals surface area contributed by atoms with Crippen LogP contribution in [0, 0.1) is 5.53 Å². The van der Waals surface area contributed by atoms with Crippen molar-refractivity contribution in [3.8, 4) is 0 Å². The van der Waals surface area contributed by atoms with Crippen molar-refractivity contribution in [1.82, 2.24) is 0 Å². The van der Waals surface area contributed by atoms with Crippen LogP contribution in [0.2, 0.25) is 0 Å². The number of hydrogen-bond acceptors (Lipinski definition) is 2. The van der Waals surface area contributed by atoms with Gasteiger partial charge in [0, 0.05) is 0 Å². The van der Waals surface area contributed by atoms with E-state index < -0.39 is 11.7 Å². The third kappa shape index (κ3) is 2.54. The molecule has 2 nitrogen and oxygen atoms in total. The molecule has 0 atom stereocenters. The Balaban J connectivity index is 2.98. The maximum atomic E-state index is 12.1. The summed E-state index contributed by atoms with van der Waals surface area (Å²) >= 11 is 0. The van der Waals surface area contributed by atoms with Crippen molar-refractivity contribution in [1.29, 1.82) is 5.53 Å². The van der Waals surface area contributed by atoms with Crippen LogP contribution in [0.3, 0.4) is 0 Å². The van der Waals surface area contributed by atoms with Crippen molar-refractivity contribution < 1.29 is 13.2 Å². The molecule has 13 heavy (non-hydrogen) atoms. The molecule has 70 valence electrons. The van der Waals surface area contributed by atoms with Crippen LogP contribution in [-0.4, -0.2) is 0 Å². The summed E-state index contributed by atoms with van der Waals surface area (Å²) in [6.07, 6.45) is -4.32. The molecular weight excluding hydrogens is 181 g/mol. The van der Waals surface area contributed by atoms with Crippen molar-refractivity contribution in [2.24, 2.45) is 5.11 Å². The van der Waals surface area contributed by atoms with E-state index in [4.69, 9.17) is 5.53 Å². The lowest BCUT2D eigenvalue weighted by molar-refractivity contribution is -0.137. The highest BCUT2D eigenvalue weighted by molar-refractivity contribution is 5.25. The number of halogens is 3. The lowest BCUT2D eigenvalue weighted by Crippen LogP contribution is -2.04. The molecule has 0 aliphatic heterocycles. The normalized spacial score (nSPS) is 11.3. The fourth-order valence-corrected chi connectivity index (χ4v) is 0.937. The van der Waals surface area contributed by atoms with Gasteiger partial charge in [-0.05, 0) is 17.7 Å². The first-order chi connectivity index (χ1) is 6.04. The Morgan fingerprint density at radius 2 is 2.00 bits per heavy atom. The van der Waals surface area contributed by atoms with Crippen molar-refractivity contribution in [2.75, 3.05) is 0 Å². The van der Waals surface area contributed by atoms with Gasteiger partial charge in [0.2, 0.25) is 0 Å². The highest BCUT2D eigenvalue weighted by atomic mass is 19.4. The summed E-state index contributed by atoms with van der Waals surface area (Å²) < 4.78 is 36.4. The van der Waals surface area contributed by atoms with Crippen molar-refractivity contribution in [2.45, 2.75) is 12.7 Å². The average Bonchev–Trinajstić information content (AvgIpc) is 2.04. The lowest BCUT2D eigenvalue weighted by atomic mass is 10.1. The quantitative estimate of drug-likeness (QED) is 0.691. The van der Waals surface area contributed by atoms with Crippen LogP contribution in [0.4, 0.5) is 13.2 Å². The summed E-state index contributed by atoms with van der Waals surface area (Å²) in [5.74, 6) is 0. The van der Waals surface area contributed by atoms with Crippen LogP contribution in [-0.2, 0) is 12.7 Å². The predicted molar refractivity (Wildman–Crippen MR) is 40.3 cm³/mol. The molecule has 0 saturated carbocycles. The Morgan fingerprint density at radius 1 is 1.31 bits per heavy atom. The zero-order valence-corrected chi connectivity index (χ0v) is 6.60. The van der Waals surface area contributed by atoms with E-state index in [9.17, 15) is 13.2 Å². The second-order valence-electron chi connectivity index (χ2n) is 2.51. The molecular formula is C8H7F3N2. The largest absolute Gasteiger partial charge is 0.416 e. The zero-order chi connectivity index (χ0) is 9.90. The highest BCUT2D eigenvalue weighted by Gasteiger charge is 2.30. The van der Waals surface area contributed by atoms with Crippen LogP contribution < -0.4 is 0 Å². The molecule has 0 spiro atoms. The molecule has 0 radical (unpaired) electrons. The van der Waals surface area contributed by atoms with Crippen molar-refractivity contribution in [3.05, 3.63) is 35.4 Å². The average molecular weight is 188 g/mol. The van der Waals surface area contributed by atoms with E-state index in [1.807, 2.05) is 0 Å². The molecule has 5 heteroatoms. The van der Waals surface area contributed by atoms with E-state index in [0.29, 0.717) is 5.56 Å². The highest BCUT2D eigenvalue weighted by Crippen LogP contribution is 2.29. The SMILES string of the molecule is N=NCc1cccc(C(F)(F)F)c1. The number of benzene rings is 1. The van der Waals surface area contributed by atoms with Gasteiger partial charge in [-0.1, -0.05) is 12.1 Å². The molecule has 1 N–H and O–H groups in total. The van der Waals surface area contributed by atoms with E-state index in [1.165, 1.54) is 12.1 Å². The van der Waals surface area contributed by atoms with E-state index >= 15 is 0 Å². The number of alkyl halides is 3. The Kier molecular flexibility index (Phi) is 2.65. The smallest absolute Gasteiger partial charge is 0.210 e. The standard InChI is InChI=1S/C8H7F3N2/c9-8(10,11)7-3-1-2-6(4-7)5-13-12/h1-4,12H,5H2. The lowest BCUT2D eigenvalue weighted by Gasteiger charge is -2.06. The number of rotatable bonds is 2. The number of nitrogens with zero attached hydrogens (tertiary/aromatic N) is 1.